The summed E-state index contributed by atoms with van der Waals surface area (Å²) in [6, 6.07) is 0. The van der Waals surface area contributed by atoms with Gasteiger partial charge in [-0.15, -0.1) is 0 Å². The number of nitrogens with zero attached hydrogens (tertiary/aromatic N) is 2. The van der Waals surface area contributed by atoms with E-state index >= 15 is 0 Å². The molecule has 39 heavy (non-hydrogen) atoms. The number of hydrogen-bond donors (Lipinski definition) is 0. The minimum atomic E-state index is 0.568. The van der Waals surface area contributed by atoms with Gasteiger partial charge in [0.25, 0.3) is 0 Å². The average molecular weight is 547 g/mol. The molecule has 0 saturated carbocycles. The Kier molecular flexibility index (Phi) is 26.9. The van der Waals surface area contributed by atoms with Crippen molar-refractivity contribution in [3.63, 3.8) is 0 Å². The van der Waals surface area contributed by atoms with Gasteiger partial charge in [0.1, 0.15) is 0 Å². The molecule has 0 aliphatic carbocycles. The molecule has 0 radical (unpaired) electrons. The first-order valence-electron chi connectivity index (χ1n) is 18.5. The van der Waals surface area contributed by atoms with Crippen LogP contribution in [0.2, 0.25) is 0 Å². The van der Waals surface area contributed by atoms with Crippen molar-refractivity contribution in [3.8, 4) is 0 Å². The molecule has 2 nitrogen and oxygen atoms in total. The number of unbranched alkanes of at least 4 members (excludes halogenated alkanes) is 27. The van der Waals surface area contributed by atoms with Gasteiger partial charge in [-0.3, -0.25) is 0 Å². The van der Waals surface area contributed by atoms with Gasteiger partial charge >= 0.3 is 0 Å². The highest BCUT2D eigenvalue weighted by Gasteiger charge is 2.20. The van der Waals surface area contributed by atoms with Crippen molar-refractivity contribution in [3.05, 3.63) is 12.4 Å². The van der Waals surface area contributed by atoms with E-state index in [9.17, 15) is 0 Å². The third-order valence-corrected chi connectivity index (χ3v) is 9.20. The third kappa shape index (κ3) is 22.7. The molecule has 1 rings (SSSR count). The summed E-state index contributed by atoms with van der Waals surface area (Å²) in [5, 5.41) is 0. The maximum absolute atomic E-state index is 2.58. The summed E-state index contributed by atoms with van der Waals surface area (Å²) in [6.07, 6.45) is 47.2. The lowest BCUT2D eigenvalue weighted by atomic mass is 10.0. The highest BCUT2D eigenvalue weighted by molar-refractivity contribution is 4.95. The fourth-order valence-electron chi connectivity index (χ4n) is 6.29. The van der Waals surface area contributed by atoms with E-state index in [1.807, 2.05) is 0 Å². The topological polar surface area (TPSA) is 6.48 Å². The first kappa shape index (κ1) is 36.4. The second-order valence-electron chi connectivity index (χ2n) is 13.0. The number of hydrogen-bond acceptors (Lipinski definition) is 2. The second-order valence-corrected chi connectivity index (χ2v) is 13.0. The van der Waals surface area contributed by atoms with Crippen LogP contribution in [0.5, 0.6) is 0 Å². The molecule has 0 aromatic heterocycles. The molecule has 0 bridgehead atoms. The molecule has 0 N–H and O–H groups in total. The summed E-state index contributed by atoms with van der Waals surface area (Å²) in [5.74, 6) is 0. The highest BCUT2D eigenvalue weighted by Crippen LogP contribution is 2.19. The van der Waals surface area contributed by atoms with Gasteiger partial charge in [-0.2, -0.15) is 0 Å². The van der Waals surface area contributed by atoms with Gasteiger partial charge in [0, 0.05) is 25.5 Å². The smallest absolute Gasteiger partial charge is 0.0977 e. The van der Waals surface area contributed by atoms with Crippen molar-refractivity contribution < 1.29 is 0 Å². The van der Waals surface area contributed by atoms with E-state index in [0.29, 0.717) is 6.17 Å². The minimum Gasteiger partial charge on any atom is -0.356 e. The van der Waals surface area contributed by atoms with E-state index in [4.69, 9.17) is 0 Å². The Bertz CT molecular complexity index is 502. The molecule has 2 heteroatoms. The van der Waals surface area contributed by atoms with E-state index in [0.717, 1.165) is 0 Å². The largest absolute Gasteiger partial charge is 0.356 e. The summed E-state index contributed by atoms with van der Waals surface area (Å²) < 4.78 is 0. The van der Waals surface area contributed by atoms with E-state index in [1.165, 1.54) is 199 Å². The van der Waals surface area contributed by atoms with Crippen molar-refractivity contribution in [2.24, 2.45) is 0 Å². The lowest BCUT2D eigenvalue weighted by Crippen LogP contribution is -2.36. The van der Waals surface area contributed by atoms with Crippen LogP contribution < -0.4 is 0 Å². The fourth-order valence-corrected chi connectivity index (χ4v) is 6.29. The normalized spacial score (nSPS) is 15.2. The fraction of sp³-hybridized carbons (Fsp3) is 0.946. The summed E-state index contributed by atoms with van der Waals surface area (Å²) in [7, 11) is 0. The minimum absolute atomic E-state index is 0.568. The predicted molar refractivity (Wildman–Crippen MR) is 177 cm³/mol. The van der Waals surface area contributed by atoms with Crippen LogP contribution in [0, 0.1) is 0 Å². The van der Waals surface area contributed by atoms with Crippen molar-refractivity contribution in [2.45, 2.75) is 213 Å². The van der Waals surface area contributed by atoms with Crippen molar-refractivity contribution in [1.82, 2.24) is 9.80 Å². The molecule has 1 aliphatic heterocycles. The quantitative estimate of drug-likeness (QED) is 0.0798. The average Bonchev–Trinajstić information content (AvgIpc) is 3.29. The van der Waals surface area contributed by atoms with Crippen LogP contribution in [0.1, 0.15) is 207 Å². The maximum atomic E-state index is 2.58. The Hall–Kier alpha value is -0.660. The lowest BCUT2D eigenvalue weighted by molar-refractivity contribution is 0.165. The summed E-state index contributed by atoms with van der Waals surface area (Å²) in [6.45, 7) is 9.49. The van der Waals surface area contributed by atoms with Gasteiger partial charge < -0.3 is 9.80 Å². The molecule has 232 valence electrons. The van der Waals surface area contributed by atoms with E-state index < -0.39 is 0 Å². The maximum Gasteiger partial charge on any atom is 0.0977 e. The summed E-state index contributed by atoms with van der Waals surface area (Å²) in [5.41, 5.74) is 0. The number of rotatable bonds is 31. The molecule has 0 fully saturated rings. The standard InChI is InChI=1S/C37H74N2/c1-4-6-8-10-12-14-16-18-19-20-22-24-26-28-30-32-34-39-36-35-38(37(39)3)33-31-29-27-25-23-21-17-15-13-11-9-7-5-2/h35-37H,4-34H2,1-3H3. The van der Waals surface area contributed by atoms with Crippen LogP contribution in [0.15, 0.2) is 12.4 Å². The van der Waals surface area contributed by atoms with Crippen LogP contribution in [-0.4, -0.2) is 29.1 Å². The molecular formula is C37H74N2. The molecule has 0 aromatic carbocycles. The Morgan fingerprint density at radius 3 is 0.769 bits per heavy atom. The zero-order valence-corrected chi connectivity index (χ0v) is 27.5. The molecule has 0 saturated heterocycles. The Labute approximate surface area is 248 Å². The molecule has 0 aromatic rings. The van der Waals surface area contributed by atoms with Gasteiger partial charge in [0.15, 0.2) is 0 Å². The van der Waals surface area contributed by atoms with Gasteiger partial charge in [-0.1, -0.05) is 187 Å². The Morgan fingerprint density at radius 2 is 0.538 bits per heavy atom. The zero-order chi connectivity index (χ0) is 28.1. The van der Waals surface area contributed by atoms with Gasteiger partial charge in [0.05, 0.1) is 6.17 Å². The van der Waals surface area contributed by atoms with E-state index in [-0.39, 0.29) is 0 Å². The molecule has 1 unspecified atom stereocenters. The lowest BCUT2D eigenvalue weighted by Gasteiger charge is -2.30. The predicted octanol–water partition coefficient (Wildman–Crippen LogP) is 12.8. The zero-order valence-electron chi connectivity index (χ0n) is 27.5. The van der Waals surface area contributed by atoms with E-state index in [2.05, 4.69) is 43.0 Å². The Morgan fingerprint density at radius 1 is 0.333 bits per heavy atom. The molecule has 0 spiro atoms. The van der Waals surface area contributed by atoms with Crippen LogP contribution >= 0.6 is 0 Å². The molecule has 1 atom stereocenters. The third-order valence-electron chi connectivity index (χ3n) is 9.20. The first-order valence-corrected chi connectivity index (χ1v) is 18.5. The Balaban J connectivity index is 1.81. The summed E-state index contributed by atoms with van der Waals surface area (Å²) >= 11 is 0. The van der Waals surface area contributed by atoms with Gasteiger partial charge in [-0.05, 0) is 19.8 Å². The van der Waals surface area contributed by atoms with Crippen molar-refractivity contribution in [2.75, 3.05) is 13.1 Å². The monoisotopic (exact) mass is 547 g/mol. The van der Waals surface area contributed by atoms with Crippen LogP contribution in [0.25, 0.3) is 0 Å². The van der Waals surface area contributed by atoms with Crippen molar-refractivity contribution >= 4 is 0 Å². The van der Waals surface area contributed by atoms with Crippen LogP contribution in [0.4, 0.5) is 0 Å². The van der Waals surface area contributed by atoms with Gasteiger partial charge in [0.2, 0.25) is 0 Å². The SMILES string of the molecule is CCCCCCCCCCCCCCCCCCN1C=CN(CCCCCCCCCCCCCCC)C1C. The van der Waals surface area contributed by atoms with Gasteiger partial charge in [-0.25, -0.2) is 0 Å². The molecule has 0 amide bonds. The highest BCUT2D eigenvalue weighted by atomic mass is 15.4. The summed E-state index contributed by atoms with van der Waals surface area (Å²) in [4.78, 5) is 5.15. The molecule has 1 aliphatic rings. The second kappa shape index (κ2) is 28.9. The molecular weight excluding hydrogens is 472 g/mol. The first-order chi connectivity index (χ1) is 19.3. The van der Waals surface area contributed by atoms with E-state index in [1.54, 1.807) is 0 Å². The molecule has 1 heterocycles. The van der Waals surface area contributed by atoms with Crippen molar-refractivity contribution in [1.29, 1.82) is 0 Å². The van der Waals surface area contributed by atoms with Crippen LogP contribution in [0.3, 0.4) is 0 Å². The van der Waals surface area contributed by atoms with Crippen LogP contribution in [-0.2, 0) is 0 Å².